The smallest absolute Gasteiger partial charge is 0.0512 e. The minimum Gasteiger partial charge on any atom is -0.381 e. The highest BCUT2D eigenvalue weighted by atomic mass is 35.5. The highest BCUT2D eigenvalue weighted by Crippen LogP contribution is 2.29. The van der Waals surface area contributed by atoms with Crippen molar-refractivity contribution in [2.24, 2.45) is 5.92 Å². The van der Waals surface area contributed by atoms with Gasteiger partial charge in [-0.25, -0.2) is 0 Å². The van der Waals surface area contributed by atoms with Crippen molar-refractivity contribution >= 4 is 23.2 Å². The maximum absolute atomic E-state index is 6.23. The van der Waals surface area contributed by atoms with Crippen molar-refractivity contribution in [2.45, 2.75) is 25.8 Å². The van der Waals surface area contributed by atoms with Crippen LogP contribution in [-0.2, 0) is 11.2 Å². The van der Waals surface area contributed by atoms with Crippen LogP contribution in [-0.4, -0.2) is 25.8 Å². The number of nitrogens with one attached hydrogen (secondary N) is 1. The molecule has 0 spiro atoms. The zero-order valence-corrected chi connectivity index (χ0v) is 12.1. The summed E-state index contributed by atoms with van der Waals surface area (Å²) in [6, 6.07) is 6.17. The summed E-state index contributed by atoms with van der Waals surface area (Å²) in [4.78, 5) is 0. The third-order valence-electron chi connectivity index (χ3n) is 3.47. The Balaban J connectivity index is 2.11. The first-order valence-electron chi connectivity index (χ1n) is 6.46. The van der Waals surface area contributed by atoms with Gasteiger partial charge in [0.2, 0.25) is 0 Å². The van der Waals surface area contributed by atoms with Gasteiger partial charge in [-0.3, -0.25) is 0 Å². The molecule has 2 unspecified atom stereocenters. The number of ether oxygens (including phenoxy) is 1. The maximum Gasteiger partial charge on any atom is 0.0512 e. The van der Waals surface area contributed by atoms with Gasteiger partial charge < -0.3 is 10.1 Å². The zero-order chi connectivity index (χ0) is 13.0. The van der Waals surface area contributed by atoms with Crippen molar-refractivity contribution in [3.05, 3.63) is 33.8 Å². The molecule has 2 nitrogen and oxygen atoms in total. The molecular formula is C14H19Cl2NO. The van der Waals surface area contributed by atoms with Gasteiger partial charge in [-0.05, 0) is 37.1 Å². The number of hydrogen-bond acceptors (Lipinski definition) is 2. The largest absolute Gasteiger partial charge is 0.381 e. The molecule has 1 saturated heterocycles. The fourth-order valence-corrected chi connectivity index (χ4v) is 3.07. The van der Waals surface area contributed by atoms with Crippen LogP contribution in [0.4, 0.5) is 0 Å². The number of halogens is 2. The van der Waals surface area contributed by atoms with Gasteiger partial charge in [0, 0.05) is 28.6 Å². The molecule has 1 aliphatic heterocycles. The normalized spacial score (nSPS) is 24.2. The molecule has 1 aromatic rings. The molecule has 0 bridgehead atoms. The fourth-order valence-electron chi connectivity index (χ4n) is 2.52. The minimum absolute atomic E-state index is 0.441. The molecule has 0 aliphatic carbocycles. The Hall–Kier alpha value is -0.280. The van der Waals surface area contributed by atoms with Crippen LogP contribution >= 0.6 is 23.2 Å². The summed E-state index contributed by atoms with van der Waals surface area (Å²) in [6.07, 6.45) is 1.93. The van der Waals surface area contributed by atoms with E-state index in [9.17, 15) is 0 Å². The van der Waals surface area contributed by atoms with E-state index in [2.05, 4.69) is 12.2 Å². The highest BCUT2D eigenvalue weighted by molar-refractivity contribution is 6.35. The van der Waals surface area contributed by atoms with Gasteiger partial charge in [0.25, 0.3) is 0 Å². The van der Waals surface area contributed by atoms with Crippen molar-refractivity contribution in [1.82, 2.24) is 5.32 Å². The molecule has 4 heteroatoms. The van der Waals surface area contributed by atoms with Gasteiger partial charge in [0.15, 0.2) is 0 Å². The summed E-state index contributed by atoms with van der Waals surface area (Å²) in [7, 11) is 0. The monoisotopic (exact) mass is 287 g/mol. The molecule has 1 fully saturated rings. The summed E-state index contributed by atoms with van der Waals surface area (Å²) < 4.78 is 5.58. The Kier molecular flexibility index (Phi) is 5.31. The van der Waals surface area contributed by atoms with E-state index in [4.69, 9.17) is 27.9 Å². The van der Waals surface area contributed by atoms with Crippen LogP contribution in [0.3, 0.4) is 0 Å². The Bertz CT molecular complexity index is 375. The summed E-state index contributed by atoms with van der Waals surface area (Å²) in [5.74, 6) is 0.441. The van der Waals surface area contributed by atoms with Crippen LogP contribution in [0.2, 0.25) is 10.0 Å². The molecule has 1 aliphatic rings. The lowest BCUT2D eigenvalue weighted by Crippen LogP contribution is -2.43. The zero-order valence-electron chi connectivity index (χ0n) is 10.6. The number of benzene rings is 1. The predicted octanol–water partition coefficient (Wildman–Crippen LogP) is 3.55. The Morgan fingerprint density at radius 1 is 1.33 bits per heavy atom. The van der Waals surface area contributed by atoms with Gasteiger partial charge in [0.05, 0.1) is 6.61 Å². The van der Waals surface area contributed by atoms with Crippen molar-refractivity contribution in [3.8, 4) is 0 Å². The first-order valence-corrected chi connectivity index (χ1v) is 7.22. The molecule has 100 valence electrons. The standard InChI is InChI=1S/C14H19Cl2NO/c1-2-17-14-6-7-18-9-10(14)8-11-12(15)4-3-5-13(11)16/h3-5,10,14,17H,2,6-9H2,1H3. The van der Waals surface area contributed by atoms with E-state index < -0.39 is 0 Å². The SMILES string of the molecule is CCNC1CCOCC1Cc1c(Cl)cccc1Cl. The van der Waals surface area contributed by atoms with E-state index >= 15 is 0 Å². The summed E-state index contributed by atoms with van der Waals surface area (Å²) in [6.45, 7) is 4.73. The average Bonchev–Trinajstić information content (AvgIpc) is 2.36. The predicted molar refractivity (Wildman–Crippen MR) is 76.6 cm³/mol. The molecule has 0 aromatic heterocycles. The first kappa shape index (κ1) is 14.1. The molecule has 1 heterocycles. The van der Waals surface area contributed by atoms with Crippen molar-refractivity contribution in [2.75, 3.05) is 19.8 Å². The lowest BCUT2D eigenvalue weighted by Gasteiger charge is -2.32. The lowest BCUT2D eigenvalue weighted by molar-refractivity contribution is 0.0327. The minimum atomic E-state index is 0.441. The third kappa shape index (κ3) is 3.39. The van der Waals surface area contributed by atoms with Crippen molar-refractivity contribution in [3.63, 3.8) is 0 Å². The summed E-state index contributed by atoms with van der Waals surface area (Å²) in [5, 5.41) is 5.03. The van der Waals surface area contributed by atoms with Crippen LogP contribution in [0.5, 0.6) is 0 Å². The van der Waals surface area contributed by atoms with E-state index in [1.807, 2.05) is 18.2 Å². The van der Waals surface area contributed by atoms with E-state index in [-0.39, 0.29) is 0 Å². The molecular weight excluding hydrogens is 269 g/mol. The first-order chi connectivity index (χ1) is 8.72. The maximum atomic E-state index is 6.23. The fraction of sp³-hybridized carbons (Fsp3) is 0.571. The van der Waals surface area contributed by atoms with Crippen LogP contribution in [0.25, 0.3) is 0 Å². The van der Waals surface area contributed by atoms with Crippen LogP contribution in [0.15, 0.2) is 18.2 Å². The summed E-state index contributed by atoms with van der Waals surface area (Å²) >= 11 is 12.5. The van der Waals surface area contributed by atoms with Gasteiger partial charge >= 0.3 is 0 Å². The van der Waals surface area contributed by atoms with E-state index in [1.165, 1.54) is 0 Å². The Morgan fingerprint density at radius 2 is 2.06 bits per heavy atom. The molecule has 2 atom stereocenters. The highest BCUT2D eigenvalue weighted by Gasteiger charge is 2.26. The van der Waals surface area contributed by atoms with Gasteiger partial charge in [0.1, 0.15) is 0 Å². The molecule has 0 amide bonds. The Morgan fingerprint density at radius 3 is 2.72 bits per heavy atom. The van der Waals surface area contributed by atoms with Crippen LogP contribution < -0.4 is 5.32 Å². The molecule has 0 radical (unpaired) electrons. The van der Waals surface area contributed by atoms with Gasteiger partial charge in [-0.2, -0.15) is 0 Å². The molecule has 1 N–H and O–H groups in total. The van der Waals surface area contributed by atoms with Crippen molar-refractivity contribution in [1.29, 1.82) is 0 Å². The number of hydrogen-bond donors (Lipinski definition) is 1. The van der Waals surface area contributed by atoms with Crippen molar-refractivity contribution < 1.29 is 4.74 Å². The van der Waals surface area contributed by atoms with Gasteiger partial charge in [-0.1, -0.05) is 36.2 Å². The Labute approximate surface area is 119 Å². The van der Waals surface area contributed by atoms with E-state index in [0.29, 0.717) is 12.0 Å². The topological polar surface area (TPSA) is 21.3 Å². The second-order valence-corrected chi connectivity index (χ2v) is 5.51. The molecule has 2 rings (SSSR count). The average molecular weight is 288 g/mol. The van der Waals surface area contributed by atoms with Gasteiger partial charge in [-0.15, -0.1) is 0 Å². The van der Waals surface area contributed by atoms with E-state index in [0.717, 1.165) is 48.2 Å². The quantitative estimate of drug-likeness (QED) is 0.914. The third-order valence-corrected chi connectivity index (χ3v) is 4.18. The van der Waals surface area contributed by atoms with E-state index in [1.54, 1.807) is 0 Å². The van der Waals surface area contributed by atoms with Crippen LogP contribution in [0.1, 0.15) is 18.9 Å². The molecule has 18 heavy (non-hydrogen) atoms. The molecule has 0 saturated carbocycles. The lowest BCUT2D eigenvalue weighted by atomic mass is 9.89. The number of rotatable bonds is 4. The summed E-state index contributed by atoms with van der Waals surface area (Å²) in [5.41, 5.74) is 1.04. The second-order valence-electron chi connectivity index (χ2n) is 4.69. The molecule has 1 aromatic carbocycles. The second kappa shape index (κ2) is 6.76. The van der Waals surface area contributed by atoms with Crippen LogP contribution in [0, 0.1) is 5.92 Å².